The maximum atomic E-state index is 13.3. The summed E-state index contributed by atoms with van der Waals surface area (Å²) in [4.78, 5) is 40.4. The molecule has 0 saturated carbocycles. The van der Waals surface area contributed by atoms with Crippen LogP contribution in [-0.2, 0) is 11.2 Å². The number of benzene rings is 2. The Morgan fingerprint density at radius 2 is 1.97 bits per heavy atom. The fourth-order valence-corrected chi connectivity index (χ4v) is 4.13. The summed E-state index contributed by atoms with van der Waals surface area (Å²) in [5, 5.41) is 13.2. The molecule has 3 heterocycles. The van der Waals surface area contributed by atoms with Gasteiger partial charge in [-0.05, 0) is 55.3 Å². The number of hydrogen-bond donors (Lipinski definition) is 2. The molecule has 0 bridgehead atoms. The first-order chi connectivity index (χ1) is 16.0. The summed E-state index contributed by atoms with van der Waals surface area (Å²) < 4.78 is 6.61. The number of amides is 1. The molecule has 5 aromatic rings. The number of anilines is 1. The van der Waals surface area contributed by atoms with Gasteiger partial charge in [0.1, 0.15) is 17.3 Å². The first kappa shape index (κ1) is 20.3. The zero-order valence-electron chi connectivity index (χ0n) is 17.6. The van der Waals surface area contributed by atoms with E-state index in [-0.39, 0.29) is 24.3 Å². The second kappa shape index (κ2) is 7.80. The maximum Gasteiger partial charge on any atom is 0.336 e. The number of para-hydroxylation sites is 2. The van der Waals surface area contributed by atoms with Crippen LogP contribution in [0.5, 0.6) is 0 Å². The van der Waals surface area contributed by atoms with Crippen LogP contribution in [0.1, 0.15) is 23.1 Å². The molecule has 0 aliphatic carbocycles. The molecular weight excluding hydrogens is 420 g/mol. The van der Waals surface area contributed by atoms with Gasteiger partial charge in [-0.1, -0.05) is 12.1 Å². The van der Waals surface area contributed by atoms with Crippen LogP contribution in [0.15, 0.2) is 68.6 Å². The number of pyridine rings is 1. The van der Waals surface area contributed by atoms with Gasteiger partial charge in [0.05, 0.1) is 16.6 Å². The molecule has 2 N–H and O–H groups in total. The quantitative estimate of drug-likeness (QED) is 0.415. The summed E-state index contributed by atoms with van der Waals surface area (Å²) in [6.45, 7) is 1.73. The second-order valence-corrected chi connectivity index (χ2v) is 7.78. The van der Waals surface area contributed by atoms with Crippen molar-refractivity contribution in [3.8, 4) is 6.07 Å². The summed E-state index contributed by atoms with van der Waals surface area (Å²) in [5.74, 6) is -0.270. The van der Waals surface area contributed by atoms with E-state index in [2.05, 4.69) is 16.4 Å². The molecule has 0 fully saturated rings. The van der Waals surface area contributed by atoms with Crippen LogP contribution in [-0.4, -0.2) is 15.3 Å². The predicted octanol–water partition coefficient (Wildman–Crippen LogP) is 3.64. The highest BCUT2D eigenvalue weighted by Crippen LogP contribution is 2.22. The number of hydrogen-bond acceptors (Lipinski definition) is 5. The number of rotatable bonds is 4. The third-order valence-electron chi connectivity index (χ3n) is 5.76. The van der Waals surface area contributed by atoms with Gasteiger partial charge in [0.15, 0.2) is 0 Å². The Balaban J connectivity index is 1.44. The lowest BCUT2D eigenvalue weighted by molar-refractivity contribution is -0.116. The Morgan fingerprint density at radius 1 is 1.15 bits per heavy atom. The standard InChI is InChI=1S/C25H18N4O4/c1-14-17(25(32)29-20-5-3-2-4-19(20)28-24(29)18(14)13-26)8-10-22(30)27-16-7-9-21-15(12-16)6-11-23(31)33-21/h2-7,9,11-12,28H,8,10H2,1H3,(H,27,30). The molecule has 0 saturated heterocycles. The van der Waals surface area contributed by atoms with Gasteiger partial charge < -0.3 is 14.7 Å². The average Bonchev–Trinajstić information content (AvgIpc) is 3.19. The van der Waals surface area contributed by atoms with E-state index in [9.17, 15) is 19.6 Å². The number of nitrogens with zero attached hydrogens (tertiary/aromatic N) is 2. The third-order valence-corrected chi connectivity index (χ3v) is 5.76. The molecule has 33 heavy (non-hydrogen) atoms. The van der Waals surface area contributed by atoms with Crippen LogP contribution in [0.4, 0.5) is 5.69 Å². The zero-order chi connectivity index (χ0) is 23.1. The summed E-state index contributed by atoms with van der Waals surface area (Å²) in [5.41, 5.74) is 3.59. The molecule has 0 spiro atoms. The van der Waals surface area contributed by atoms with Gasteiger partial charge in [-0.25, -0.2) is 4.79 Å². The van der Waals surface area contributed by atoms with Crippen LogP contribution in [0.25, 0.3) is 27.6 Å². The first-order valence-electron chi connectivity index (χ1n) is 10.3. The fourth-order valence-electron chi connectivity index (χ4n) is 4.13. The number of carbonyl (C=O) groups is 1. The van der Waals surface area contributed by atoms with Crippen LogP contribution in [0.2, 0.25) is 0 Å². The Morgan fingerprint density at radius 3 is 2.79 bits per heavy atom. The highest BCUT2D eigenvalue weighted by atomic mass is 16.4. The number of H-pyrrole nitrogens is 1. The van der Waals surface area contributed by atoms with Crippen LogP contribution in [0, 0.1) is 18.3 Å². The molecule has 5 rings (SSSR count). The number of carbonyl (C=O) groups excluding carboxylic acids is 1. The summed E-state index contributed by atoms with van der Waals surface area (Å²) >= 11 is 0. The van der Waals surface area contributed by atoms with E-state index < -0.39 is 5.63 Å². The van der Waals surface area contributed by atoms with Crippen molar-refractivity contribution < 1.29 is 9.21 Å². The lowest BCUT2D eigenvalue weighted by Crippen LogP contribution is -2.23. The van der Waals surface area contributed by atoms with Gasteiger partial charge in [0, 0.05) is 29.1 Å². The van der Waals surface area contributed by atoms with E-state index in [0.29, 0.717) is 44.5 Å². The summed E-state index contributed by atoms with van der Waals surface area (Å²) in [6.07, 6.45) is 0.257. The molecule has 0 radical (unpaired) electrons. The largest absolute Gasteiger partial charge is 0.423 e. The number of nitriles is 1. The van der Waals surface area contributed by atoms with Crippen molar-refractivity contribution in [2.24, 2.45) is 0 Å². The van der Waals surface area contributed by atoms with Crippen molar-refractivity contribution in [2.75, 3.05) is 5.32 Å². The minimum Gasteiger partial charge on any atom is -0.423 e. The molecule has 0 aliphatic heterocycles. The number of imidazole rings is 1. The average molecular weight is 438 g/mol. The molecule has 3 aromatic heterocycles. The van der Waals surface area contributed by atoms with Crippen molar-refractivity contribution in [3.05, 3.63) is 92.1 Å². The minimum atomic E-state index is -0.440. The van der Waals surface area contributed by atoms with E-state index in [1.807, 2.05) is 24.3 Å². The summed E-state index contributed by atoms with van der Waals surface area (Å²) in [6, 6.07) is 17.5. The van der Waals surface area contributed by atoms with Gasteiger partial charge in [-0.2, -0.15) is 5.26 Å². The van der Waals surface area contributed by atoms with E-state index >= 15 is 0 Å². The van der Waals surface area contributed by atoms with Gasteiger partial charge in [0.2, 0.25) is 5.91 Å². The molecule has 8 nitrogen and oxygen atoms in total. The maximum absolute atomic E-state index is 13.3. The molecule has 2 aromatic carbocycles. The predicted molar refractivity (Wildman–Crippen MR) is 124 cm³/mol. The summed E-state index contributed by atoms with van der Waals surface area (Å²) in [7, 11) is 0. The molecule has 0 aliphatic rings. The second-order valence-electron chi connectivity index (χ2n) is 7.78. The van der Waals surface area contributed by atoms with Gasteiger partial charge >= 0.3 is 5.63 Å². The van der Waals surface area contributed by atoms with E-state index in [1.165, 1.54) is 10.5 Å². The topological polar surface area (TPSA) is 120 Å². The van der Waals surface area contributed by atoms with E-state index in [1.54, 1.807) is 31.2 Å². The SMILES string of the molecule is Cc1c(CCC(=O)Nc2ccc3oc(=O)ccc3c2)c(=O)n2c([nH]c3ccccc32)c1C#N. The van der Waals surface area contributed by atoms with Crippen LogP contribution < -0.4 is 16.5 Å². The zero-order valence-corrected chi connectivity index (χ0v) is 17.6. The van der Waals surface area contributed by atoms with Crippen molar-refractivity contribution >= 4 is 39.2 Å². The Hall–Kier alpha value is -4.64. The lowest BCUT2D eigenvalue weighted by Gasteiger charge is -2.10. The van der Waals surface area contributed by atoms with Crippen molar-refractivity contribution in [1.82, 2.24) is 9.38 Å². The number of nitrogens with one attached hydrogen (secondary N) is 2. The smallest absolute Gasteiger partial charge is 0.336 e. The van der Waals surface area contributed by atoms with Crippen molar-refractivity contribution in [2.45, 2.75) is 19.8 Å². The van der Waals surface area contributed by atoms with Crippen LogP contribution >= 0.6 is 0 Å². The highest BCUT2D eigenvalue weighted by Gasteiger charge is 2.19. The monoisotopic (exact) mass is 438 g/mol. The Kier molecular flexibility index (Phi) is 4.79. The molecule has 0 unspecified atom stereocenters. The minimum absolute atomic E-state index is 0.0667. The Bertz CT molecular complexity index is 1730. The molecule has 0 atom stereocenters. The van der Waals surface area contributed by atoms with E-state index in [0.717, 1.165) is 5.52 Å². The third kappa shape index (κ3) is 3.46. The highest BCUT2D eigenvalue weighted by molar-refractivity contribution is 5.93. The molecule has 162 valence electrons. The molecule has 8 heteroatoms. The van der Waals surface area contributed by atoms with Gasteiger partial charge in [0.25, 0.3) is 5.56 Å². The van der Waals surface area contributed by atoms with Gasteiger partial charge in [-0.3, -0.25) is 14.0 Å². The fraction of sp³-hybridized carbons (Fsp3) is 0.120. The van der Waals surface area contributed by atoms with E-state index in [4.69, 9.17) is 4.42 Å². The van der Waals surface area contributed by atoms with Crippen molar-refractivity contribution in [3.63, 3.8) is 0 Å². The first-order valence-corrected chi connectivity index (χ1v) is 10.3. The normalized spacial score (nSPS) is 11.2. The molecule has 1 amide bonds. The lowest BCUT2D eigenvalue weighted by atomic mass is 10.0. The number of aromatic amines is 1. The van der Waals surface area contributed by atoms with Crippen LogP contribution in [0.3, 0.4) is 0 Å². The van der Waals surface area contributed by atoms with Gasteiger partial charge in [-0.15, -0.1) is 0 Å². The van der Waals surface area contributed by atoms with Crippen molar-refractivity contribution in [1.29, 1.82) is 5.26 Å². The number of aromatic nitrogens is 2. The number of fused-ring (bicyclic) bond motifs is 4. The molecular formula is C25H18N4O4. The Labute approximate surface area is 186 Å².